The SMILES string of the molecule is Cc1ccc(C)c(Nc2ccccc2C(=O)O)c1Cl. The van der Waals surface area contributed by atoms with Crippen LogP contribution in [0.4, 0.5) is 11.4 Å². The molecule has 0 saturated heterocycles. The molecule has 2 aromatic carbocycles. The zero-order valence-electron chi connectivity index (χ0n) is 10.7. The molecule has 0 amide bonds. The summed E-state index contributed by atoms with van der Waals surface area (Å²) >= 11 is 6.27. The Morgan fingerprint density at radius 2 is 1.74 bits per heavy atom. The lowest BCUT2D eigenvalue weighted by molar-refractivity contribution is 0.0698. The minimum absolute atomic E-state index is 0.222. The molecule has 0 fully saturated rings. The minimum Gasteiger partial charge on any atom is -0.478 e. The van der Waals surface area contributed by atoms with Crippen molar-refractivity contribution in [2.45, 2.75) is 13.8 Å². The van der Waals surface area contributed by atoms with E-state index in [1.807, 2.05) is 26.0 Å². The average Bonchev–Trinajstić information content (AvgIpc) is 2.39. The molecule has 0 heterocycles. The van der Waals surface area contributed by atoms with Crippen LogP contribution >= 0.6 is 11.6 Å². The van der Waals surface area contributed by atoms with E-state index < -0.39 is 5.97 Å². The van der Waals surface area contributed by atoms with Gasteiger partial charge in [0.1, 0.15) is 0 Å². The second-order valence-corrected chi connectivity index (χ2v) is 4.74. The highest BCUT2D eigenvalue weighted by Crippen LogP contribution is 2.32. The molecule has 2 rings (SSSR count). The average molecular weight is 276 g/mol. The number of hydrogen-bond donors (Lipinski definition) is 2. The summed E-state index contributed by atoms with van der Waals surface area (Å²) in [7, 11) is 0. The molecule has 0 atom stereocenters. The first-order chi connectivity index (χ1) is 9.00. The number of benzene rings is 2. The molecule has 0 unspecified atom stereocenters. The Bertz CT molecular complexity index is 638. The Balaban J connectivity index is 2.48. The third-order valence-electron chi connectivity index (χ3n) is 2.96. The number of carboxylic acid groups (broad SMARTS) is 1. The highest BCUT2D eigenvalue weighted by atomic mass is 35.5. The Labute approximate surface area is 116 Å². The van der Waals surface area contributed by atoms with Crippen molar-refractivity contribution in [3.63, 3.8) is 0 Å². The van der Waals surface area contributed by atoms with E-state index in [1.54, 1.807) is 24.3 Å². The fraction of sp³-hybridized carbons (Fsp3) is 0.133. The van der Waals surface area contributed by atoms with Crippen molar-refractivity contribution >= 4 is 28.9 Å². The van der Waals surface area contributed by atoms with Gasteiger partial charge < -0.3 is 10.4 Å². The number of para-hydroxylation sites is 1. The van der Waals surface area contributed by atoms with Crippen LogP contribution in [0.15, 0.2) is 36.4 Å². The molecule has 3 nitrogen and oxygen atoms in total. The van der Waals surface area contributed by atoms with Crippen LogP contribution in [-0.2, 0) is 0 Å². The molecule has 0 bridgehead atoms. The molecule has 0 aliphatic heterocycles. The maximum absolute atomic E-state index is 11.2. The van der Waals surface area contributed by atoms with Crippen molar-refractivity contribution < 1.29 is 9.90 Å². The second-order valence-electron chi connectivity index (χ2n) is 4.36. The third kappa shape index (κ3) is 2.71. The first kappa shape index (κ1) is 13.4. The monoisotopic (exact) mass is 275 g/mol. The quantitative estimate of drug-likeness (QED) is 0.873. The second kappa shape index (κ2) is 5.33. The summed E-state index contributed by atoms with van der Waals surface area (Å²) in [6.45, 7) is 3.84. The number of carboxylic acids is 1. The predicted molar refractivity (Wildman–Crippen MR) is 77.6 cm³/mol. The molecule has 0 aliphatic carbocycles. The summed E-state index contributed by atoms with van der Waals surface area (Å²) < 4.78 is 0. The largest absolute Gasteiger partial charge is 0.478 e. The molecule has 0 aromatic heterocycles. The molecular weight excluding hydrogens is 262 g/mol. The van der Waals surface area contributed by atoms with Gasteiger partial charge in [-0.15, -0.1) is 0 Å². The van der Waals surface area contributed by atoms with E-state index in [1.165, 1.54) is 0 Å². The molecule has 2 aromatic rings. The normalized spacial score (nSPS) is 10.3. The standard InChI is InChI=1S/C15H14ClNO2/c1-9-7-8-10(2)14(13(9)16)17-12-6-4-3-5-11(12)15(18)19/h3-8,17H,1-2H3,(H,18,19). The zero-order valence-corrected chi connectivity index (χ0v) is 11.5. The molecule has 19 heavy (non-hydrogen) atoms. The number of hydrogen-bond acceptors (Lipinski definition) is 2. The van der Waals surface area contributed by atoms with E-state index in [9.17, 15) is 4.79 Å². The van der Waals surface area contributed by atoms with E-state index in [0.717, 1.165) is 16.8 Å². The predicted octanol–water partition coefficient (Wildman–Crippen LogP) is 4.40. The van der Waals surface area contributed by atoms with Gasteiger partial charge in [0, 0.05) is 0 Å². The van der Waals surface area contributed by atoms with Crippen molar-refractivity contribution in [3.8, 4) is 0 Å². The van der Waals surface area contributed by atoms with Gasteiger partial charge in [0.15, 0.2) is 0 Å². The Morgan fingerprint density at radius 3 is 2.42 bits per heavy atom. The summed E-state index contributed by atoms with van der Waals surface area (Å²) in [4.78, 5) is 11.2. The summed E-state index contributed by atoms with van der Waals surface area (Å²) in [5.41, 5.74) is 3.42. The van der Waals surface area contributed by atoms with Gasteiger partial charge in [-0.1, -0.05) is 35.9 Å². The van der Waals surface area contributed by atoms with E-state index >= 15 is 0 Å². The first-order valence-corrected chi connectivity index (χ1v) is 6.23. The number of aryl methyl sites for hydroxylation is 2. The summed E-state index contributed by atoms with van der Waals surface area (Å²) in [5, 5.41) is 12.9. The highest BCUT2D eigenvalue weighted by Gasteiger charge is 2.12. The Hall–Kier alpha value is -2.00. The summed E-state index contributed by atoms with van der Waals surface area (Å²) in [6, 6.07) is 10.7. The van der Waals surface area contributed by atoms with Gasteiger partial charge in [0.25, 0.3) is 0 Å². The van der Waals surface area contributed by atoms with Gasteiger partial charge in [-0.2, -0.15) is 0 Å². The van der Waals surface area contributed by atoms with Gasteiger partial charge in [-0.05, 0) is 37.1 Å². The van der Waals surface area contributed by atoms with Crippen molar-refractivity contribution in [1.82, 2.24) is 0 Å². The Morgan fingerprint density at radius 1 is 1.11 bits per heavy atom. The molecule has 4 heteroatoms. The van der Waals surface area contributed by atoms with Crippen LogP contribution in [0.1, 0.15) is 21.5 Å². The van der Waals surface area contributed by atoms with Crippen molar-refractivity contribution in [2.75, 3.05) is 5.32 Å². The van der Waals surface area contributed by atoms with Gasteiger partial charge >= 0.3 is 5.97 Å². The van der Waals surface area contributed by atoms with Crippen LogP contribution in [0.25, 0.3) is 0 Å². The lowest BCUT2D eigenvalue weighted by Gasteiger charge is -2.14. The molecule has 0 aliphatic rings. The van der Waals surface area contributed by atoms with E-state index in [4.69, 9.17) is 16.7 Å². The van der Waals surface area contributed by atoms with Crippen LogP contribution in [0, 0.1) is 13.8 Å². The van der Waals surface area contributed by atoms with Crippen molar-refractivity contribution in [1.29, 1.82) is 0 Å². The fourth-order valence-corrected chi connectivity index (χ4v) is 2.10. The number of nitrogens with one attached hydrogen (secondary N) is 1. The van der Waals surface area contributed by atoms with Crippen LogP contribution in [-0.4, -0.2) is 11.1 Å². The maximum atomic E-state index is 11.2. The van der Waals surface area contributed by atoms with E-state index in [2.05, 4.69) is 5.32 Å². The van der Waals surface area contributed by atoms with Crippen LogP contribution < -0.4 is 5.32 Å². The number of halogens is 1. The molecule has 0 saturated carbocycles. The van der Waals surface area contributed by atoms with Crippen molar-refractivity contribution in [3.05, 3.63) is 58.1 Å². The minimum atomic E-state index is -0.968. The smallest absolute Gasteiger partial charge is 0.337 e. The lowest BCUT2D eigenvalue weighted by Crippen LogP contribution is -2.03. The molecule has 2 N–H and O–H groups in total. The van der Waals surface area contributed by atoms with Gasteiger partial charge in [-0.25, -0.2) is 4.79 Å². The Kier molecular flexibility index (Phi) is 3.76. The highest BCUT2D eigenvalue weighted by molar-refractivity contribution is 6.34. The molecule has 0 radical (unpaired) electrons. The van der Waals surface area contributed by atoms with E-state index in [-0.39, 0.29) is 5.56 Å². The third-order valence-corrected chi connectivity index (χ3v) is 3.45. The maximum Gasteiger partial charge on any atom is 0.337 e. The van der Waals surface area contributed by atoms with Gasteiger partial charge in [-0.3, -0.25) is 0 Å². The molecule has 0 spiro atoms. The molecular formula is C15H14ClNO2. The number of aromatic carboxylic acids is 1. The lowest BCUT2D eigenvalue weighted by atomic mass is 10.1. The first-order valence-electron chi connectivity index (χ1n) is 5.85. The summed E-state index contributed by atoms with van der Waals surface area (Å²) in [6.07, 6.45) is 0. The number of anilines is 2. The zero-order chi connectivity index (χ0) is 14.0. The van der Waals surface area contributed by atoms with Gasteiger partial charge in [0.05, 0.1) is 22.0 Å². The van der Waals surface area contributed by atoms with Gasteiger partial charge in [0.2, 0.25) is 0 Å². The summed E-state index contributed by atoms with van der Waals surface area (Å²) in [5.74, 6) is -0.968. The fourth-order valence-electron chi connectivity index (χ4n) is 1.84. The van der Waals surface area contributed by atoms with Crippen LogP contribution in [0.3, 0.4) is 0 Å². The topological polar surface area (TPSA) is 49.3 Å². The van der Waals surface area contributed by atoms with Crippen molar-refractivity contribution in [2.24, 2.45) is 0 Å². The van der Waals surface area contributed by atoms with Crippen LogP contribution in [0.5, 0.6) is 0 Å². The number of rotatable bonds is 3. The molecule has 98 valence electrons. The van der Waals surface area contributed by atoms with Crippen LogP contribution in [0.2, 0.25) is 5.02 Å². The van der Waals surface area contributed by atoms with E-state index in [0.29, 0.717) is 10.7 Å². The number of carbonyl (C=O) groups is 1.